The van der Waals surface area contributed by atoms with E-state index < -0.39 is 0 Å². The third-order valence-electron chi connectivity index (χ3n) is 2.55. The summed E-state index contributed by atoms with van der Waals surface area (Å²) in [5.41, 5.74) is 0. The molecule has 0 radical (unpaired) electrons. The molecule has 0 aromatic heterocycles. The Morgan fingerprint density at radius 1 is 1.54 bits per heavy atom. The van der Waals surface area contributed by atoms with Crippen molar-refractivity contribution in [3.05, 3.63) is 12.2 Å². The van der Waals surface area contributed by atoms with Crippen molar-refractivity contribution in [2.75, 3.05) is 19.6 Å². The molecule has 0 amide bonds. The van der Waals surface area contributed by atoms with Crippen molar-refractivity contribution in [3.8, 4) is 0 Å². The Kier molecular flexibility index (Phi) is 2.47. The normalized spacial score (nSPS) is 33.3. The first-order chi connectivity index (χ1) is 6.24. The molecule has 3 nitrogen and oxygen atoms in total. The third-order valence-corrected chi connectivity index (χ3v) is 2.55. The maximum absolute atomic E-state index is 10.6. The van der Waals surface area contributed by atoms with Gasteiger partial charge in [0.2, 0.25) is 0 Å². The van der Waals surface area contributed by atoms with Crippen LogP contribution in [0.15, 0.2) is 12.2 Å². The molecule has 0 aromatic carbocycles. The van der Waals surface area contributed by atoms with Crippen LogP contribution in [0.25, 0.3) is 0 Å². The van der Waals surface area contributed by atoms with Crippen molar-refractivity contribution in [2.45, 2.75) is 25.6 Å². The number of rotatable bonds is 3. The van der Waals surface area contributed by atoms with E-state index in [2.05, 4.69) is 4.90 Å². The fourth-order valence-corrected chi connectivity index (χ4v) is 1.96. The standard InChI is InChI=1S/C10H15NO2/c1-8(12)3-2-4-11-6-9-5-10(7-11)13-9/h2-3,9-10H,4-7H2,1H3/b3-2+. The number of fused-ring (bicyclic) bond motifs is 2. The van der Waals surface area contributed by atoms with Crippen LogP contribution >= 0.6 is 0 Å². The first-order valence-corrected chi connectivity index (χ1v) is 4.79. The Morgan fingerprint density at radius 2 is 2.15 bits per heavy atom. The zero-order valence-electron chi connectivity index (χ0n) is 7.90. The SMILES string of the molecule is CC(=O)/C=C/CN1CC2CC(C1)O2. The number of ketones is 1. The van der Waals surface area contributed by atoms with Gasteiger partial charge in [0.05, 0.1) is 12.2 Å². The van der Waals surface area contributed by atoms with Gasteiger partial charge in [-0.3, -0.25) is 9.69 Å². The summed E-state index contributed by atoms with van der Waals surface area (Å²) in [4.78, 5) is 13.0. The van der Waals surface area contributed by atoms with Crippen LogP contribution in [0.5, 0.6) is 0 Å². The molecule has 2 unspecified atom stereocenters. The predicted octanol–water partition coefficient (Wildman–Crippen LogP) is 0.605. The Hall–Kier alpha value is -0.670. The average molecular weight is 181 g/mol. The number of ether oxygens (including phenoxy) is 1. The summed E-state index contributed by atoms with van der Waals surface area (Å²) >= 11 is 0. The number of carbonyl (C=O) groups excluding carboxylic acids is 1. The van der Waals surface area contributed by atoms with Crippen LogP contribution in [0.3, 0.4) is 0 Å². The fourth-order valence-electron chi connectivity index (χ4n) is 1.96. The van der Waals surface area contributed by atoms with Crippen LogP contribution in [0.1, 0.15) is 13.3 Å². The second-order valence-electron chi connectivity index (χ2n) is 3.85. The zero-order chi connectivity index (χ0) is 9.26. The topological polar surface area (TPSA) is 29.5 Å². The molecule has 13 heavy (non-hydrogen) atoms. The molecule has 0 N–H and O–H groups in total. The van der Waals surface area contributed by atoms with Gasteiger partial charge < -0.3 is 4.74 Å². The van der Waals surface area contributed by atoms with Gasteiger partial charge >= 0.3 is 0 Å². The summed E-state index contributed by atoms with van der Waals surface area (Å²) < 4.78 is 5.50. The van der Waals surface area contributed by atoms with Gasteiger partial charge in [-0.1, -0.05) is 6.08 Å². The van der Waals surface area contributed by atoms with Crippen molar-refractivity contribution >= 4 is 5.78 Å². The molecule has 3 heteroatoms. The number of hydrogen-bond donors (Lipinski definition) is 0. The minimum atomic E-state index is 0.124. The largest absolute Gasteiger partial charge is 0.372 e. The number of allylic oxidation sites excluding steroid dienone is 1. The molecule has 3 rings (SSSR count). The van der Waals surface area contributed by atoms with Gasteiger partial charge in [-0.05, 0) is 13.0 Å². The highest BCUT2D eigenvalue weighted by molar-refractivity contribution is 5.87. The molecule has 3 aliphatic rings. The second-order valence-corrected chi connectivity index (χ2v) is 3.85. The molecule has 3 fully saturated rings. The first-order valence-electron chi connectivity index (χ1n) is 4.79. The van der Waals surface area contributed by atoms with Gasteiger partial charge in [0.25, 0.3) is 0 Å². The highest BCUT2D eigenvalue weighted by Gasteiger charge is 2.37. The number of piperidine rings is 1. The molecule has 2 bridgehead atoms. The van der Waals surface area contributed by atoms with Crippen LogP contribution in [0.4, 0.5) is 0 Å². The van der Waals surface area contributed by atoms with Crippen LogP contribution < -0.4 is 0 Å². The summed E-state index contributed by atoms with van der Waals surface area (Å²) in [6.45, 7) is 4.51. The minimum Gasteiger partial charge on any atom is -0.372 e. The summed E-state index contributed by atoms with van der Waals surface area (Å²) in [5, 5.41) is 0. The van der Waals surface area contributed by atoms with Crippen LogP contribution in [-0.2, 0) is 9.53 Å². The Bertz CT molecular complexity index is 221. The van der Waals surface area contributed by atoms with Crippen molar-refractivity contribution in [3.63, 3.8) is 0 Å². The van der Waals surface area contributed by atoms with E-state index in [9.17, 15) is 4.79 Å². The lowest BCUT2D eigenvalue weighted by molar-refractivity contribution is -0.178. The zero-order valence-corrected chi connectivity index (χ0v) is 7.90. The molecule has 0 aliphatic carbocycles. The number of morpholine rings is 1. The molecule has 72 valence electrons. The molecule has 3 saturated heterocycles. The molecular formula is C10H15NO2. The molecule has 0 aromatic rings. The molecule has 2 atom stereocenters. The second kappa shape index (κ2) is 3.60. The Balaban J connectivity index is 1.73. The van der Waals surface area contributed by atoms with E-state index in [0.717, 1.165) is 19.6 Å². The van der Waals surface area contributed by atoms with Crippen molar-refractivity contribution in [1.29, 1.82) is 0 Å². The Morgan fingerprint density at radius 3 is 2.69 bits per heavy atom. The van der Waals surface area contributed by atoms with Gasteiger partial charge in [-0.2, -0.15) is 0 Å². The van der Waals surface area contributed by atoms with Crippen molar-refractivity contribution in [2.24, 2.45) is 0 Å². The highest BCUT2D eigenvalue weighted by atomic mass is 16.5. The van der Waals surface area contributed by atoms with Gasteiger partial charge in [-0.25, -0.2) is 0 Å². The van der Waals surface area contributed by atoms with Gasteiger partial charge in [-0.15, -0.1) is 0 Å². The molecular weight excluding hydrogens is 166 g/mol. The van der Waals surface area contributed by atoms with Gasteiger partial charge in [0.15, 0.2) is 5.78 Å². The van der Waals surface area contributed by atoms with Crippen molar-refractivity contribution < 1.29 is 9.53 Å². The van der Waals surface area contributed by atoms with E-state index >= 15 is 0 Å². The van der Waals surface area contributed by atoms with E-state index in [4.69, 9.17) is 4.74 Å². The quantitative estimate of drug-likeness (QED) is 0.597. The maximum Gasteiger partial charge on any atom is 0.152 e. The maximum atomic E-state index is 10.6. The van der Waals surface area contributed by atoms with E-state index in [1.807, 2.05) is 6.08 Å². The number of hydrogen-bond acceptors (Lipinski definition) is 3. The summed E-state index contributed by atoms with van der Waals surface area (Å²) in [5.74, 6) is 0.124. The highest BCUT2D eigenvalue weighted by Crippen LogP contribution is 2.27. The van der Waals surface area contributed by atoms with Crippen LogP contribution in [-0.4, -0.2) is 42.5 Å². The van der Waals surface area contributed by atoms with Crippen molar-refractivity contribution in [1.82, 2.24) is 4.90 Å². The van der Waals surface area contributed by atoms with E-state index in [1.54, 1.807) is 13.0 Å². The number of nitrogens with zero attached hydrogens (tertiary/aromatic N) is 1. The summed E-state index contributed by atoms with van der Waals surface area (Å²) in [6.07, 6.45) is 5.73. The van der Waals surface area contributed by atoms with Gasteiger partial charge in [0, 0.05) is 26.1 Å². The predicted molar refractivity (Wildman–Crippen MR) is 49.5 cm³/mol. The van der Waals surface area contributed by atoms with E-state index in [0.29, 0.717) is 12.2 Å². The van der Waals surface area contributed by atoms with Crippen LogP contribution in [0.2, 0.25) is 0 Å². The average Bonchev–Trinajstić information content (AvgIpc) is 2.02. The lowest BCUT2D eigenvalue weighted by Gasteiger charge is -2.46. The molecule has 0 spiro atoms. The smallest absolute Gasteiger partial charge is 0.152 e. The third kappa shape index (κ3) is 2.17. The molecule has 0 saturated carbocycles. The van der Waals surface area contributed by atoms with E-state index in [-0.39, 0.29) is 5.78 Å². The summed E-state index contributed by atoms with van der Waals surface area (Å²) in [6, 6.07) is 0. The number of carbonyl (C=O) groups is 1. The van der Waals surface area contributed by atoms with E-state index in [1.165, 1.54) is 6.42 Å². The lowest BCUT2D eigenvalue weighted by Crippen LogP contribution is -2.57. The molecule has 3 heterocycles. The summed E-state index contributed by atoms with van der Waals surface area (Å²) in [7, 11) is 0. The lowest BCUT2D eigenvalue weighted by atomic mass is 9.99. The minimum absolute atomic E-state index is 0.124. The first kappa shape index (κ1) is 8.91. The Labute approximate surface area is 78.4 Å². The fraction of sp³-hybridized carbons (Fsp3) is 0.700. The molecule has 3 aliphatic heterocycles. The van der Waals surface area contributed by atoms with Gasteiger partial charge in [0.1, 0.15) is 0 Å². The monoisotopic (exact) mass is 181 g/mol. The van der Waals surface area contributed by atoms with Crippen LogP contribution in [0, 0.1) is 0 Å².